The van der Waals surface area contributed by atoms with Gasteiger partial charge in [0.1, 0.15) is 0 Å². The summed E-state index contributed by atoms with van der Waals surface area (Å²) in [5, 5.41) is 3.81. The zero-order valence-corrected chi connectivity index (χ0v) is 31.7. The van der Waals surface area contributed by atoms with Crippen LogP contribution in [0.25, 0.3) is 82.8 Å². The monoisotopic (exact) mass is 781 g/mol. The maximum Gasteiger partial charge on any atom is 0.0645 e. The fraction of sp³-hybridized carbons (Fsp3) is 0. The first-order chi connectivity index (χ1) is 36.8. The molecule has 0 aliphatic rings. The lowest BCUT2D eigenvalue weighted by molar-refractivity contribution is 1.19. The molecule has 0 radical (unpaired) electrons. The summed E-state index contributed by atoms with van der Waals surface area (Å²) in [6.45, 7) is 0. The summed E-state index contributed by atoms with van der Waals surface area (Å²) in [5.74, 6) is 0. The van der Waals surface area contributed by atoms with Gasteiger partial charge in [-0.3, -0.25) is 0 Å². The Morgan fingerprint density at radius 3 is 1.63 bits per heavy atom. The smallest absolute Gasteiger partial charge is 0.0645 e. The highest BCUT2D eigenvalue weighted by Gasteiger charge is 2.16. The largest absolute Gasteiger partial charge is 0.311 e. The maximum atomic E-state index is 9.70. The molecule has 0 bridgehead atoms. The SMILES string of the molecule is [2H]c1c([2H])c([2H])c(-c2c([2H])c([2H])c([2H])c(-c3c([2H])c([2H])c(N(c4ccc(-c5ccccc5)cc4)c4c([2H])c([2H])c(-c5ccc6c(c5)c5ccccc5n6-c5ccc6ccccc6c5)c([2H])c4[2H])c([2H])c3[2H])c2[2H])c([2H])c1[2H]. The van der Waals surface area contributed by atoms with E-state index in [9.17, 15) is 12.3 Å². The van der Waals surface area contributed by atoms with E-state index >= 15 is 0 Å². The average molecular weight is 782 g/mol. The third-order valence-electron chi connectivity index (χ3n) is 10.5. The normalized spacial score (nSPS) is 15.3. The Hall–Kier alpha value is -7.94. The third kappa shape index (κ3) is 6.51. The first-order valence-corrected chi connectivity index (χ1v) is 19.2. The zero-order chi connectivity index (χ0) is 54.6. The van der Waals surface area contributed by atoms with Crippen LogP contribution in [0.2, 0.25) is 0 Å². The number of anilines is 3. The Kier molecular flexibility index (Phi) is 5.46. The van der Waals surface area contributed by atoms with Crippen LogP contribution in [0.4, 0.5) is 17.1 Å². The molecule has 0 atom stereocenters. The summed E-state index contributed by atoms with van der Waals surface area (Å²) in [4.78, 5) is 1.12. The van der Waals surface area contributed by atoms with Crippen molar-refractivity contribution < 1.29 is 23.3 Å². The number of rotatable bonds is 8. The number of hydrogen-bond acceptors (Lipinski definition) is 1. The van der Waals surface area contributed by atoms with Crippen LogP contribution < -0.4 is 4.90 Å². The van der Waals surface area contributed by atoms with Crippen LogP contribution in [0.3, 0.4) is 0 Å². The van der Waals surface area contributed by atoms with Crippen molar-refractivity contribution in [3.8, 4) is 50.2 Å². The number of aromatic nitrogens is 1. The number of hydrogen-bond donors (Lipinski definition) is 0. The molecule has 0 spiro atoms. The van der Waals surface area contributed by atoms with Crippen molar-refractivity contribution in [2.45, 2.75) is 0 Å². The summed E-state index contributed by atoms with van der Waals surface area (Å²) in [6.07, 6.45) is 0. The van der Waals surface area contributed by atoms with E-state index in [1.807, 2.05) is 97.1 Å². The molecule has 0 unspecified atom stereocenters. The minimum Gasteiger partial charge on any atom is -0.311 e. The van der Waals surface area contributed by atoms with Gasteiger partial charge in [0.15, 0.2) is 0 Å². The lowest BCUT2D eigenvalue weighted by Gasteiger charge is -2.26. The molecule has 60 heavy (non-hydrogen) atoms. The number of benzene rings is 10. The van der Waals surface area contributed by atoms with Crippen molar-refractivity contribution in [3.63, 3.8) is 0 Å². The Bertz CT molecular complexity index is 4220. The van der Waals surface area contributed by atoms with E-state index in [0.29, 0.717) is 5.56 Å². The predicted octanol–water partition coefficient (Wildman–Crippen LogP) is 16.1. The first-order valence-electron chi connectivity index (χ1n) is 27.7. The predicted molar refractivity (Wildman–Crippen MR) is 255 cm³/mol. The fourth-order valence-electron chi connectivity index (χ4n) is 7.60. The zero-order valence-electron chi connectivity index (χ0n) is 48.7. The molecule has 0 saturated carbocycles. The summed E-state index contributed by atoms with van der Waals surface area (Å²) in [5.41, 5.74) is 1.11. The van der Waals surface area contributed by atoms with Crippen LogP contribution in [0.1, 0.15) is 23.3 Å². The van der Waals surface area contributed by atoms with E-state index in [2.05, 4.69) is 16.7 Å². The molecule has 1 aromatic heterocycles. The van der Waals surface area contributed by atoms with Gasteiger partial charge in [0, 0.05) is 33.5 Å². The quantitative estimate of drug-likeness (QED) is 0.149. The molecule has 0 saturated heterocycles. The second kappa shape index (κ2) is 15.1. The Morgan fingerprint density at radius 1 is 0.333 bits per heavy atom. The standard InChI is InChI=1S/C58H40N2/c1-3-12-41(13-4-1)44-22-30-51(31-23-44)59(52-32-24-45(25-33-52)48-19-11-18-47(38-48)42-14-5-2-6-15-42)53-34-26-46(27-35-53)50-29-37-58-56(40-50)55-20-9-10-21-57(55)60(58)54-36-28-43-16-7-8-17-49(43)39-54/h1-40H/i2D,5D,6D,11D,14D,15D,18D,19D,24D,25D,26D,27D,32D,33D,34D,35D,38D. The van der Waals surface area contributed by atoms with E-state index < -0.39 is 136 Å². The van der Waals surface area contributed by atoms with E-state index in [1.165, 1.54) is 0 Å². The molecule has 0 fully saturated rings. The van der Waals surface area contributed by atoms with Gasteiger partial charge >= 0.3 is 0 Å². The minimum atomic E-state index is -0.877. The number of nitrogens with zero attached hydrogens (tertiary/aromatic N) is 2. The third-order valence-corrected chi connectivity index (χ3v) is 10.5. The van der Waals surface area contributed by atoms with Gasteiger partial charge in [-0.25, -0.2) is 0 Å². The molecule has 2 nitrogen and oxygen atoms in total. The lowest BCUT2D eigenvalue weighted by Crippen LogP contribution is -2.09. The molecule has 1 heterocycles. The molecule has 10 aromatic carbocycles. The van der Waals surface area contributed by atoms with Crippen LogP contribution in [0, 0.1) is 0 Å². The molecule has 0 aliphatic heterocycles. The molecular weight excluding hydrogens is 725 g/mol. The van der Waals surface area contributed by atoms with Crippen molar-refractivity contribution in [2.24, 2.45) is 0 Å². The maximum absolute atomic E-state index is 9.70. The Morgan fingerprint density at radius 2 is 0.900 bits per heavy atom. The summed E-state index contributed by atoms with van der Waals surface area (Å²) in [7, 11) is 0. The highest BCUT2D eigenvalue weighted by molar-refractivity contribution is 6.10. The van der Waals surface area contributed by atoms with Gasteiger partial charge in [0.05, 0.1) is 34.3 Å². The van der Waals surface area contributed by atoms with Gasteiger partial charge in [0.25, 0.3) is 0 Å². The molecule has 2 heteroatoms. The van der Waals surface area contributed by atoms with Crippen molar-refractivity contribution in [1.82, 2.24) is 4.57 Å². The van der Waals surface area contributed by atoms with Crippen molar-refractivity contribution in [3.05, 3.63) is 242 Å². The second-order valence-corrected chi connectivity index (χ2v) is 14.1. The summed E-state index contributed by atoms with van der Waals surface area (Å²) >= 11 is 0. The van der Waals surface area contributed by atoms with Gasteiger partial charge in [0.2, 0.25) is 0 Å². The van der Waals surface area contributed by atoms with Gasteiger partial charge in [-0.15, -0.1) is 0 Å². The number of fused-ring (bicyclic) bond motifs is 4. The van der Waals surface area contributed by atoms with Crippen molar-refractivity contribution in [2.75, 3.05) is 4.90 Å². The number of para-hydroxylation sites is 1. The van der Waals surface area contributed by atoms with Crippen molar-refractivity contribution >= 4 is 49.6 Å². The molecular formula is C58H40N2. The molecule has 0 amide bonds. The topological polar surface area (TPSA) is 8.17 Å². The Balaban J connectivity index is 1.12. The van der Waals surface area contributed by atoms with E-state index in [1.54, 1.807) is 30.3 Å². The van der Waals surface area contributed by atoms with Crippen LogP contribution in [-0.2, 0) is 0 Å². The van der Waals surface area contributed by atoms with Gasteiger partial charge in [-0.1, -0.05) is 170 Å². The van der Waals surface area contributed by atoms with Crippen molar-refractivity contribution in [1.29, 1.82) is 0 Å². The van der Waals surface area contributed by atoms with Crippen LogP contribution in [-0.4, -0.2) is 4.57 Å². The van der Waals surface area contributed by atoms with Crippen LogP contribution >= 0.6 is 0 Å². The summed E-state index contributed by atoms with van der Waals surface area (Å²) < 4.78 is 157. The minimum absolute atomic E-state index is 0.0348. The average Bonchev–Trinajstić information content (AvgIpc) is 3.78. The second-order valence-electron chi connectivity index (χ2n) is 14.1. The molecule has 0 N–H and O–H groups in total. The Labute approximate surface area is 374 Å². The molecule has 11 aromatic rings. The first kappa shape index (κ1) is 21.7. The molecule has 282 valence electrons. The van der Waals surface area contributed by atoms with Gasteiger partial charge < -0.3 is 9.47 Å². The molecule has 11 rings (SSSR count). The van der Waals surface area contributed by atoms with E-state index in [4.69, 9.17) is 11.0 Å². The van der Waals surface area contributed by atoms with Crippen LogP contribution in [0.15, 0.2) is 242 Å². The van der Waals surface area contributed by atoms with E-state index in [-0.39, 0.29) is 11.3 Å². The summed E-state index contributed by atoms with van der Waals surface area (Å²) in [6, 6.07) is 30.7. The van der Waals surface area contributed by atoms with Crippen LogP contribution in [0.5, 0.6) is 0 Å². The highest BCUT2D eigenvalue weighted by atomic mass is 15.1. The van der Waals surface area contributed by atoms with E-state index in [0.717, 1.165) is 54.3 Å². The van der Waals surface area contributed by atoms with Gasteiger partial charge in [-0.2, -0.15) is 0 Å². The van der Waals surface area contributed by atoms with Gasteiger partial charge in [-0.05, 0) is 128 Å². The molecule has 0 aliphatic carbocycles. The highest BCUT2D eigenvalue weighted by Crippen LogP contribution is 2.40. The lowest BCUT2D eigenvalue weighted by atomic mass is 9.98. The fourth-order valence-corrected chi connectivity index (χ4v) is 7.60.